The van der Waals surface area contributed by atoms with E-state index in [1.807, 2.05) is 0 Å². The predicted octanol–water partition coefficient (Wildman–Crippen LogP) is 7.88. The zero-order valence-electron chi connectivity index (χ0n) is 17.7. The first kappa shape index (κ1) is 23.7. The van der Waals surface area contributed by atoms with Gasteiger partial charge in [0.25, 0.3) is 0 Å². The van der Waals surface area contributed by atoms with Crippen molar-refractivity contribution < 1.29 is 36.2 Å². The summed E-state index contributed by atoms with van der Waals surface area (Å²) in [6.07, 6.45) is -9.45. The Hall–Kier alpha value is -3.40. The van der Waals surface area contributed by atoms with Crippen molar-refractivity contribution in [2.75, 3.05) is 12.8 Å². The van der Waals surface area contributed by atoms with E-state index in [-0.39, 0.29) is 43.3 Å². The molecule has 178 valence electrons. The van der Waals surface area contributed by atoms with Gasteiger partial charge in [0.1, 0.15) is 11.5 Å². The molecule has 3 N–H and O–H groups in total. The number of rotatable bonds is 3. The zero-order valence-corrected chi connectivity index (χ0v) is 18.5. The van der Waals surface area contributed by atoms with E-state index in [1.54, 1.807) is 12.1 Å². The lowest BCUT2D eigenvalue weighted by molar-refractivity contribution is -0.138. The van der Waals surface area contributed by atoms with Crippen LogP contribution in [0.15, 0.2) is 48.5 Å². The van der Waals surface area contributed by atoms with E-state index in [1.165, 1.54) is 32.2 Å². The number of thiophene rings is 1. The van der Waals surface area contributed by atoms with E-state index in [0.717, 1.165) is 18.2 Å². The van der Waals surface area contributed by atoms with E-state index in [0.29, 0.717) is 16.7 Å². The van der Waals surface area contributed by atoms with Crippen LogP contribution in [0.3, 0.4) is 0 Å². The average molecular weight is 497 g/mol. The van der Waals surface area contributed by atoms with Crippen molar-refractivity contribution in [3.05, 3.63) is 65.2 Å². The van der Waals surface area contributed by atoms with Crippen LogP contribution < -0.4 is 10.5 Å². The molecule has 0 aliphatic heterocycles. The molecule has 4 rings (SSSR count). The van der Waals surface area contributed by atoms with Gasteiger partial charge in [0.15, 0.2) is 0 Å². The lowest BCUT2D eigenvalue weighted by atomic mass is 9.91. The summed E-state index contributed by atoms with van der Waals surface area (Å²) in [5, 5.41) is 11.5. The number of anilines is 1. The molecule has 3 nitrogen and oxygen atoms in total. The largest absolute Gasteiger partial charge is 0.506 e. The molecule has 3 aromatic carbocycles. The number of ether oxygens (including phenoxy) is 1. The van der Waals surface area contributed by atoms with Crippen LogP contribution in [0, 0.1) is 6.92 Å². The SMILES string of the molecule is COc1cccc2cc(C)c(C(F)(F)F)c(-c3sc(N)c(-c4cccc(C(F)(F)F)c4)c3O)c12. The molecule has 34 heavy (non-hydrogen) atoms. The van der Waals surface area contributed by atoms with E-state index >= 15 is 0 Å². The molecule has 0 fully saturated rings. The van der Waals surface area contributed by atoms with E-state index in [4.69, 9.17) is 10.5 Å². The first-order chi connectivity index (χ1) is 15.8. The van der Waals surface area contributed by atoms with Gasteiger partial charge >= 0.3 is 12.4 Å². The highest BCUT2D eigenvalue weighted by atomic mass is 32.1. The fraction of sp³-hybridized carbons (Fsp3) is 0.167. The van der Waals surface area contributed by atoms with Crippen molar-refractivity contribution in [1.82, 2.24) is 0 Å². The summed E-state index contributed by atoms with van der Waals surface area (Å²) in [4.78, 5) is -0.213. The number of aryl methyl sites for hydroxylation is 1. The van der Waals surface area contributed by atoms with Crippen molar-refractivity contribution in [2.45, 2.75) is 19.3 Å². The van der Waals surface area contributed by atoms with E-state index < -0.39 is 29.2 Å². The van der Waals surface area contributed by atoms with Gasteiger partial charge in [-0.15, -0.1) is 11.3 Å². The van der Waals surface area contributed by atoms with Crippen molar-refractivity contribution in [3.8, 4) is 33.1 Å². The maximum atomic E-state index is 14.2. The minimum Gasteiger partial charge on any atom is -0.506 e. The molecule has 4 aromatic rings. The average Bonchev–Trinajstić information content (AvgIpc) is 3.04. The maximum Gasteiger partial charge on any atom is 0.417 e. The molecule has 0 aliphatic rings. The molecule has 0 unspecified atom stereocenters. The Morgan fingerprint density at radius 2 is 1.59 bits per heavy atom. The van der Waals surface area contributed by atoms with Crippen LogP contribution in [0.25, 0.3) is 32.3 Å². The molecule has 1 heterocycles. The predicted molar refractivity (Wildman–Crippen MR) is 120 cm³/mol. The van der Waals surface area contributed by atoms with Gasteiger partial charge in [-0.1, -0.05) is 30.3 Å². The number of aromatic hydroxyl groups is 1. The van der Waals surface area contributed by atoms with Crippen molar-refractivity contribution >= 4 is 27.1 Å². The summed E-state index contributed by atoms with van der Waals surface area (Å²) in [6.45, 7) is 1.30. The summed E-state index contributed by atoms with van der Waals surface area (Å²) >= 11 is 0.666. The van der Waals surface area contributed by atoms with E-state index in [9.17, 15) is 31.4 Å². The number of alkyl halides is 6. The third-order valence-corrected chi connectivity index (χ3v) is 6.47. The second-order valence-electron chi connectivity index (χ2n) is 7.60. The Bertz CT molecular complexity index is 1410. The van der Waals surface area contributed by atoms with Crippen LogP contribution in [0.5, 0.6) is 11.5 Å². The van der Waals surface area contributed by atoms with Crippen LogP contribution >= 0.6 is 11.3 Å². The standard InChI is InChI=1S/C24H17F6NO2S/c1-11-9-12-6-4-8-15(33-2)16(12)18(19(11)24(28,29)30)21-20(32)17(22(31)34-21)13-5-3-7-14(10-13)23(25,26)27/h3-10,32H,31H2,1-2H3. The highest BCUT2D eigenvalue weighted by Crippen LogP contribution is 2.55. The molecule has 0 spiro atoms. The van der Waals surface area contributed by atoms with Gasteiger partial charge in [-0.25, -0.2) is 0 Å². The number of fused-ring (bicyclic) bond motifs is 1. The van der Waals surface area contributed by atoms with Crippen LogP contribution in [-0.2, 0) is 12.4 Å². The van der Waals surface area contributed by atoms with Crippen LogP contribution in [0.4, 0.5) is 31.3 Å². The summed E-state index contributed by atoms with van der Waals surface area (Å²) in [7, 11) is 1.31. The van der Waals surface area contributed by atoms with Crippen LogP contribution in [0.2, 0.25) is 0 Å². The monoisotopic (exact) mass is 497 g/mol. The molecule has 0 saturated heterocycles. The van der Waals surface area contributed by atoms with Gasteiger partial charge in [-0.3, -0.25) is 0 Å². The highest BCUT2D eigenvalue weighted by molar-refractivity contribution is 7.20. The fourth-order valence-electron chi connectivity index (χ4n) is 4.06. The third-order valence-electron chi connectivity index (χ3n) is 5.44. The van der Waals surface area contributed by atoms with Crippen LogP contribution in [-0.4, -0.2) is 12.2 Å². The van der Waals surface area contributed by atoms with Gasteiger partial charge in [-0.05, 0) is 41.6 Å². The summed E-state index contributed by atoms with van der Waals surface area (Å²) in [5.41, 5.74) is 3.43. The maximum absolute atomic E-state index is 14.2. The van der Waals surface area contributed by atoms with Gasteiger partial charge < -0.3 is 15.6 Å². The van der Waals surface area contributed by atoms with Gasteiger partial charge in [-0.2, -0.15) is 26.3 Å². The van der Waals surface area contributed by atoms with Gasteiger partial charge in [0.2, 0.25) is 0 Å². The molecular formula is C24H17F6NO2S. The molecule has 10 heteroatoms. The quantitative estimate of drug-likeness (QED) is 0.283. The topological polar surface area (TPSA) is 55.5 Å². The summed E-state index contributed by atoms with van der Waals surface area (Å²) in [6, 6.07) is 10.2. The van der Waals surface area contributed by atoms with Crippen molar-refractivity contribution in [3.63, 3.8) is 0 Å². The van der Waals surface area contributed by atoms with E-state index in [2.05, 4.69) is 0 Å². The molecule has 0 atom stereocenters. The number of nitrogens with two attached hydrogens (primary N) is 1. The molecule has 0 saturated carbocycles. The minimum atomic E-state index is -4.80. The normalized spacial score (nSPS) is 12.4. The highest BCUT2D eigenvalue weighted by Gasteiger charge is 2.39. The molecule has 1 aromatic heterocycles. The number of halogens is 6. The van der Waals surface area contributed by atoms with Crippen molar-refractivity contribution in [1.29, 1.82) is 0 Å². The van der Waals surface area contributed by atoms with Gasteiger partial charge in [0.05, 0.1) is 33.7 Å². The second kappa shape index (κ2) is 8.12. The molecular weight excluding hydrogens is 480 g/mol. The zero-order chi connectivity index (χ0) is 25.0. The number of hydrogen-bond acceptors (Lipinski definition) is 4. The Balaban J connectivity index is 2.10. The smallest absolute Gasteiger partial charge is 0.417 e. The third kappa shape index (κ3) is 3.91. The minimum absolute atomic E-state index is 0.0650. The first-order valence-electron chi connectivity index (χ1n) is 9.81. The Morgan fingerprint density at radius 1 is 0.912 bits per heavy atom. The molecule has 0 radical (unpaired) electrons. The molecule has 0 aliphatic carbocycles. The fourth-order valence-corrected chi connectivity index (χ4v) is 5.11. The lowest BCUT2D eigenvalue weighted by Gasteiger charge is -2.19. The Morgan fingerprint density at radius 3 is 2.21 bits per heavy atom. The number of hydrogen-bond donors (Lipinski definition) is 2. The Labute approximate surface area is 194 Å². The van der Waals surface area contributed by atoms with Crippen LogP contribution in [0.1, 0.15) is 16.7 Å². The Kier molecular flexibility index (Phi) is 5.67. The molecule has 0 bridgehead atoms. The lowest BCUT2D eigenvalue weighted by Crippen LogP contribution is -2.10. The van der Waals surface area contributed by atoms with Gasteiger partial charge in [0, 0.05) is 10.9 Å². The summed E-state index contributed by atoms with van der Waals surface area (Å²) in [5.74, 6) is -0.491. The molecule has 0 amide bonds. The number of nitrogen functional groups attached to an aromatic ring is 1. The van der Waals surface area contributed by atoms with Crippen molar-refractivity contribution in [2.24, 2.45) is 0 Å². The number of benzene rings is 3. The number of methoxy groups -OCH3 is 1. The summed E-state index contributed by atoms with van der Waals surface area (Å²) < 4.78 is 87.6. The second-order valence-corrected chi connectivity index (χ2v) is 8.65. The first-order valence-corrected chi connectivity index (χ1v) is 10.6.